The number of carbonyl (C=O) groups excluding carboxylic acids is 2. The first kappa shape index (κ1) is 113. The highest BCUT2D eigenvalue weighted by Gasteiger charge is 2.38. The first-order valence-corrected chi connectivity index (χ1v) is 37.4. The number of phenols is 1. The van der Waals surface area contributed by atoms with Crippen molar-refractivity contribution < 1.29 is 94.6 Å². The third-order valence-electron chi connectivity index (χ3n) is 15.2. The molecule has 0 fully saturated rings. The van der Waals surface area contributed by atoms with Crippen LogP contribution in [0.15, 0.2) is 193 Å². The largest absolute Gasteiger partial charge is 0.508 e. The van der Waals surface area contributed by atoms with E-state index in [4.69, 9.17) is 73.5 Å². The molecule has 0 radical (unpaired) electrons. The van der Waals surface area contributed by atoms with E-state index in [-0.39, 0.29) is 81.2 Å². The normalized spacial score (nSPS) is 10.3. The Morgan fingerprint density at radius 1 is 0.443 bits per heavy atom. The van der Waals surface area contributed by atoms with Crippen LogP contribution in [0.3, 0.4) is 0 Å². The molecule has 11 aromatic rings. The van der Waals surface area contributed by atoms with Crippen LogP contribution in [-0.2, 0) is 79.2 Å². The number of aromatic amines is 1. The molecule has 4 aromatic heterocycles. The van der Waals surface area contributed by atoms with Crippen molar-refractivity contribution in [3.63, 3.8) is 0 Å². The van der Waals surface area contributed by atoms with Gasteiger partial charge in [0, 0.05) is 104 Å². The molecule has 0 bridgehead atoms. The molecule has 0 unspecified atom stereocenters. The summed E-state index contributed by atoms with van der Waals surface area (Å²) in [6.07, 6.45) is -6.08. The van der Waals surface area contributed by atoms with Crippen molar-refractivity contribution in [3.05, 3.63) is 238 Å². The van der Waals surface area contributed by atoms with Crippen LogP contribution < -0.4 is 56.0 Å². The minimum absolute atomic E-state index is 0. The Morgan fingerprint density at radius 3 is 1.11 bits per heavy atom. The molecule has 0 spiro atoms. The Kier molecular flexibility index (Phi) is 54.4. The second kappa shape index (κ2) is 58.8. The first-order chi connectivity index (χ1) is 55.0. The number of aliphatic carboxylic acids is 1. The highest BCUT2D eigenvalue weighted by molar-refractivity contribution is 9.09. The van der Waals surface area contributed by atoms with Crippen molar-refractivity contribution in [2.45, 2.75) is 149 Å². The smallest absolute Gasteiger partial charge is 0.490 e. The van der Waals surface area contributed by atoms with E-state index in [0.717, 1.165) is 78.8 Å². The topological polar surface area (TPSA) is 350 Å². The van der Waals surface area contributed by atoms with Gasteiger partial charge in [-0.15, -0.1) is 12.4 Å². The molecule has 0 aliphatic heterocycles. The average Bonchev–Trinajstić information content (AvgIpc) is 0.846. The monoisotopic (exact) mass is 1790 g/mol. The molecule has 0 saturated heterocycles. The fraction of sp³-hybridized carbons (Fsp3) is 0.374. The fourth-order valence-corrected chi connectivity index (χ4v) is 10.3. The van der Waals surface area contributed by atoms with Gasteiger partial charge in [-0.3, -0.25) is 19.7 Å². The van der Waals surface area contributed by atoms with Gasteiger partial charge in [-0.05, 0) is 131 Å². The number of fused-ring (bicyclic) bond motifs is 4. The molecule has 122 heavy (non-hydrogen) atoms. The van der Waals surface area contributed by atoms with Gasteiger partial charge in [0.2, 0.25) is 0 Å². The lowest BCUT2D eigenvalue weighted by molar-refractivity contribution is -0.192. The number of H-pyrrole nitrogens is 1. The number of aromatic hydroxyl groups is 1. The molecule has 0 aliphatic carbocycles. The standard InChI is InChI=1S/C25H30N2O5.C22H24N2O4.C20H22N2O3.C13H16N2O3.C3H7BrO.C2HF3O2.6CH4.ClH/c1-25(2,3)32-24(28)26-16-19-14-23(31-17-18-8-6-5-7-9-18)21-15-20(30-13-12-29-4)10-11-22(21)27-19;1-22(2,3)28-21(26)23-13-16-11-20(27-14-15-7-5-4-6-8-15)18-12-17(25)9-10-19(18)24-16;1-23-9-10-24-17-7-8-19-18(12-17)20(11-16(13-21)22-19)25-14-15-5-3-2-4-6-15;1-17-4-5-18-10-2-3-12-11(7-10)13(16)6-9(8-14)15-12;1-5-3-2-4;3-2(4,5)1(6)7;;;;;;;/h5-11,14-15H,12-13,16-17H2,1-4H3,(H,26,28);4-12,25H,13-14H2,1-3H3,(H,23,26);2-8,11-12H,9-10,13-14,21H2,1H3;2-3,6-7H,4-5,8,14H2,1H3,(H,15,16);2-3H2,1H3;(H,6,7);6*1H4;1H. The number of nitrogens with two attached hydrogens (primary N) is 2. The number of phenolic OH excluding ortho intramolecular Hbond substituents is 1. The third kappa shape index (κ3) is 41.5. The number of benzene rings is 7. The Morgan fingerprint density at radius 2 is 0.779 bits per heavy atom. The predicted molar refractivity (Wildman–Crippen MR) is 485 cm³/mol. The number of pyridine rings is 4. The summed E-state index contributed by atoms with van der Waals surface area (Å²) in [5.41, 5.74) is 19.1. The Hall–Kier alpha value is -11.1. The number of halogens is 5. The van der Waals surface area contributed by atoms with Gasteiger partial charge in [0.15, 0.2) is 5.43 Å². The van der Waals surface area contributed by atoms with Gasteiger partial charge in [0.1, 0.15) is 91.1 Å². The van der Waals surface area contributed by atoms with Crippen LogP contribution >= 0.6 is 28.3 Å². The molecule has 0 saturated carbocycles. The Balaban J connectivity index is 0. The van der Waals surface area contributed by atoms with E-state index in [1.54, 1.807) is 58.8 Å². The number of hydrogen-bond donors (Lipinski definition) is 7. The number of carbonyl (C=O) groups is 3. The second-order valence-corrected chi connectivity index (χ2v) is 27.5. The van der Waals surface area contributed by atoms with Crippen LogP contribution in [-0.4, -0.2) is 146 Å². The van der Waals surface area contributed by atoms with Crippen molar-refractivity contribution in [2.75, 3.05) is 80.0 Å². The maximum absolute atomic E-state index is 12.0. The number of carboxylic acid groups (broad SMARTS) is 1. The molecule has 9 N–H and O–H groups in total. The minimum atomic E-state index is -5.08. The van der Waals surface area contributed by atoms with Crippen molar-refractivity contribution in [3.8, 4) is 40.2 Å². The van der Waals surface area contributed by atoms with Gasteiger partial charge in [-0.25, -0.2) is 14.4 Å². The van der Waals surface area contributed by atoms with E-state index in [9.17, 15) is 32.7 Å². The Bertz CT molecular complexity index is 4880. The van der Waals surface area contributed by atoms with E-state index in [1.165, 1.54) is 6.07 Å². The zero-order valence-corrected chi connectivity index (χ0v) is 68.7. The summed E-state index contributed by atoms with van der Waals surface area (Å²) in [5, 5.41) is 26.4. The molecule has 7 aromatic carbocycles. The first-order valence-electron chi connectivity index (χ1n) is 36.2. The summed E-state index contributed by atoms with van der Waals surface area (Å²) < 4.78 is 97.0. The third-order valence-corrected chi connectivity index (χ3v) is 15.5. The van der Waals surface area contributed by atoms with Crippen LogP contribution in [0.4, 0.5) is 22.8 Å². The summed E-state index contributed by atoms with van der Waals surface area (Å²) in [4.78, 5) is 61.6. The second-order valence-electron chi connectivity index (χ2n) is 26.7. The number of methoxy groups -OCH3 is 4. The highest BCUT2D eigenvalue weighted by atomic mass is 79.9. The summed E-state index contributed by atoms with van der Waals surface area (Å²) in [5.74, 6) is 1.52. The maximum atomic E-state index is 12.0. The van der Waals surface area contributed by atoms with Crippen LogP contribution in [0.2, 0.25) is 0 Å². The number of carboxylic acids is 1. The quantitative estimate of drug-likeness (QED) is 0.0169. The number of alkyl halides is 4. The number of hydrogen-bond acceptors (Lipinski definition) is 22. The number of rotatable bonds is 29. The molecule has 2 amide bonds. The average molecular weight is 1790 g/mol. The van der Waals surface area contributed by atoms with Gasteiger partial charge < -0.3 is 94.1 Å². The molecule has 11 rings (SSSR count). The fourth-order valence-electron chi connectivity index (χ4n) is 9.96. The molecular formula is C91H125BrClF3N8O18. The molecule has 31 heteroatoms. The predicted octanol–water partition coefficient (Wildman–Crippen LogP) is 19.6. The van der Waals surface area contributed by atoms with Crippen molar-refractivity contribution in [2.24, 2.45) is 11.5 Å². The van der Waals surface area contributed by atoms with Crippen LogP contribution in [0, 0.1) is 0 Å². The van der Waals surface area contributed by atoms with Gasteiger partial charge in [0.05, 0.1) is 73.1 Å². The van der Waals surface area contributed by atoms with Gasteiger partial charge >= 0.3 is 24.3 Å². The zero-order valence-electron chi connectivity index (χ0n) is 66.3. The van der Waals surface area contributed by atoms with Crippen molar-refractivity contribution in [1.29, 1.82) is 0 Å². The van der Waals surface area contributed by atoms with Gasteiger partial charge in [-0.1, -0.05) is 151 Å². The van der Waals surface area contributed by atoms with Crippen molar-refractivity contribution in [1.82, 2.24) is 30.6 Å². The molecular weight excluding hydrogens is 1670 g/mol. The molecule has 672 valence electrons. The number of ether oxygens (including phenoxy) is 12. The SMILES string of the molecule is C.C.C.C.C.C.CC(C)(C)OC(=O)NCc1cc(OCc2ccccc2)c2cc(O)ccc2n1.COCCBr.COCCOc1ccc2[nH]c(CN)cc(=O)c2c1.COCCOc1ccc2nc(CN)cc(OCc3ccccc3)c2c1.COCCOc1ccc2nc(CNC(=O)OC(C)(C)C)cc(OCc3ccccc3)c2c1.Cl.O=C(O)C(F)(F)F. The number of nitrogens with zero attached hydrogens (tertiary/aromatic N) is 3. The van der Waals surface area contributed by atoms with Crippen molar-refractivity contribution >= 4 is 90.1 Å². The molecule has 4 heterocycles. The van der Waals surface area contributed by atoms with Crippen LogP contribution in [0.1, 0.15) is 126 Å². The van der Waals surface area contributed by atoms with E-state index in [2.05, 4.69) is 51.2 Å². The van der Waals surface area contributed by atoms with E-state index >= 15 is 0 Å². The van der Waals surface area contributed by atoms with Crippen LogP contribution in [0.25, 0.3) is 43.6 Å². The highest BCUT2D eigenvalue weighted by Crippen LogP contribution is 2.34. The lowest BCUT2D eigenvalue weighted by atomic mass is 10.1. The summed E-state index contributed by atoms with van der Waals surface area (Å²) >= 11 is 3.18. The lowest BCUT2D eigenvalue weighted by Crippen LogP contribution is -2.32. The molecule has 26 nitrogen and oxygen atoms in total. The number of aromatic nitrogens is 4. The zero-order chi connectivity index (χ0) is 83.8. The molecule has 0 aliphatic rings. The summed E-state index contributed by atoms with van der Waals surface area (Å²) in [7, 11) is 6.58. The van der Waals surface area contributed by atoms with Gasteiger partial charge in [-0.2, -0.15) is 13.2 Å². The minimum Gasteiger partial charge on any atom is -0.508 e. The summed E-state index contributed by atoms with van der Waals surface area (Å²) in [6.45, 7) is 17.0. The maximum Gasteiger partial charge on any atom is 0.490 e. The van der Waals surface area contributed by atoms with E-state index in [0.29, 0.717) is 123 Å². The number of alkyl carbamates (subject to hydrolysis) is 2. The number of nitrogens with one attached hydrogen (secondary N) is 3. The Labute approximate surface area is 730 Å². The number of amides is 2. The van der Waals surface area contributed by atoms with Crippen LogP contribution in [0.5, 0.6) is 40.2 Å². The lowest BCUT2D eigenvalue weighted by Gasteiger charge is -2.19. The summed E-state index contributed by atoms with van der Waals surface area (Å²) in [6, 6.07) is 58.5. The van der Waals surface area contributed by atoms with E-state index < -0.39 is 35.5 Å². The van der Waals surface area contributed by atoms with Gasteiger partial charge in [0.25, 0.3) is 0 Å². The molecule has 0 atom stereocenters. The van der Waals surface area contributed by atoms with E-state index in [1.807, 2.05) is 193 Å².